The molecule has 0 amide bonds. The Balaban J connectivity index is 2.41. The molecule has 0 saturated carbocycles. The van der Waals surface area contributed by atoms with Crippen LogP contribution >= 0.6 is 0 Å². The zero-order valence-electron chi connectivity index (χ0n) is 9.01. The smallest absolute Gasteiger partial charge is 0.0927 e. The van der Waals surface area contributed by atoms with E-state index < -0.39 is 0 Å². The average Bonchev–Trinajstić information content (AvgIpc) is 2.86. The van der Waals surface area contributed by atoms with Crippen LogP contribution in [-0.2, 0) is 0 Å². The summed E-state index contributed by atoms with van der Waals surface area (Å²) < 4.78 is 0. The van der Waals surface area contributed by atoms with Crippen LogP contribution in [0.2, 0.25) is 0 Å². The van der Waals surface area contributed by atoms with Crippen molar-refractivity contribution in [2.75, 3.05) is 0 Å². The summed E-state index contributed by atoms with van der Waals surface area (Å²) in [5.41, 5.74) is 2.02. The summed E-state index contributed by atoms with van der Waals surface area (Å²) in [6.07, 6.45) is 3.87. The number of pyridine rings is 1. The van der Waals surface area contributed by atoms with Gasteiger partial charge in [-0.05, 0) is 12.1 Å². The molecular weight excluding hydrogens is 210 g/mol. The minimum Gasteiger partial charge on any atom is -0.284 e. The van der Waals surface area contributed by atoms with E-state index in [0.29, 0.717) is 0 Å². The molecule has 0 bridgehead atoms. The van der Waals surface area contributed by atoms with E-state index in [-0.39, 0.29) is 0 Å². The number of nitrogens with zero attached hydrogens (tertiary/aromatic N) is 2. The molecule has 1 N–H and O–H groups in total. The summed E-state index contributed by atoms with van der Waals surface area (Å²) >= 11 is 0. The van der Waals surface area contributed by atoms with Gasteiger partial charge in [-0.15, -0.1) is 0 Å². The van der Waals surface area contributed by atoms with Crippen LogP contribution in [0.5, 0.6) is 0 Å². The van der Waals surface area contributed by atoms with Crippen molar-refractivity contribution in [1.82, 2.24) is 15.2 Å². The third-order valence-electron chi connectivity index (χ3n) is 3.16. The number of aromatic nitrogens is 3. The van der Waals surface area contributed by atoms with Gasteiger partial charge in [-0.2, -0.15) is 5.10 Å². The second-order valence-corrected chi connectivity index (χ2v) is 4.12. The van der Waals surface area contributed by atoms with Crippen LogP contribution in [-0.4, -0.2) is 15.2 Å². The van der Waals surface area contributed by atoms with Gasteiger partial charge in [0.2, 0.25) is 0 Å². The minimum absolute atomic E-state index is 0.994. The molecule has 0 aliphatic heterocycles. The molecule has 3 heteroatoms. The molecule has 0 atom stereocenters. The first-order chi connectivity index (χ1) is 8.43. The lowest BCUT2D eigenvalue weighted by Gasteiger charge is -2.03. The highest BCUT2D eigenvalue weighted by Crippen LogP contribution is 2.29. The Morgan fingerprint density at radius 2 is 1.82 bits per heavy atom. The summed E-state index contributed by atoms with van der Waals surface area (Å²) in [7, 11) is 0. The number of fused-ring (bicyclic) bond motifs is 5. The lowest BCUT2D eigenvalue weighted by molar-refractivity contribution is 1.12. The van der Waals surface area contributed by atoms with Crippen LogP contribution in [0.4, 0.5) is 0 Å². The molecule has 0 radical (unpaired) electrons. The fourth-order valence-corrected chi connectivity index (χ4v) is 2.38. The Morgan fingerprint density at radius 1 is 0.882 bits per heavy atom. The predicted molar refractivity (Wildman–Crippen MR) is 68.9 cm³/mol. The highest BCUT2D eigenvalue weighted by Gasteiger charge is 2.06. The largest absolute Gasteiger partial charge is 0.284 e. The lowest BCUT2D eigenvalue weighted by Crippen LogP contribution is -1.82. The van der Waals surface area contributed by atoms with E-state index >= 15 is 0 Å². The number of nitrogens with one attached hydrogen (secondary N) is 1. The third kappa shape index (κ3) is 1.11. The number of para-hydroxylation sites is 1. The van der Waals surface area contributed by atoms with Gasteiger partial charge in [0.15, 0.2) is 0 Å². The highest BCUT2D eigenvalue weighted by molar-refractivity contribution is 6.18. The van der Waals surface area contributed by atoms with E-state index in [2.05, 4.69) is 27.3 Å². The van der Waals surface area contributed by atoms with Gasteiger partial charge in [-0.25, -0.2) is 0 Å². The standard InChI is InChI=1S/C14H9N3/c1-2-4-12-10(3-1)14-9(7-15-12)5-6-13-11(14)8-16-17-13/h1-8H,(H,16,17). The van der Waals surface area contributed by atoms with Crippen LogP contribution < -0.4 is 0 Å². The van der Waals surface area contributed by atoms with Gasteiger partial charge in [-0.3, -0.25) is 10.1 Å². The molecule has 4 aromatic rings. The van der Waals surface area contributed by atoms with E-state index in [1.807, 2.05) is 36.7 Å². The first kappa shape index (κ1) is 8.70. The zero-order valence-corrected chi connectivity index (χ0v) is 9.01. The van der Waals surface area contributed by atoms with Crippen molar-refractivity contribution in [3.8, 4) is 0 Å². The van der Waals surface area contributed by atoms with Gasteiger partial charge in [-0.1, -0.05) is 24.3 Å². The molecule has 2 heterocycles. The summed E-state index contributed by atoms with van der Waals surface area (Å²) in [5, 5.41) is 11.9. The minimum atomic E-state index is 0.994. The quantitative estimate of drug-likeness (QED) is 0.461. The van der Waals surface area contributed by atoms with Gasteiger partial charge in [0, 0.05) is 33.9 Å². The Bertz CT molecular complexity index is 846. The second-order valence-electron chi connectivity index (χ2n) is 4.12. The number of hydrogen-bond acceptors (Lipinski definition) is 2. The van der Waals surface area contributed by atoms with E-state index in [0.717, 1.165) is 21.8 Å². The summed E-state index contributed by atoms with van der Waals surface area (Å²) in [6.45, 7) is 0. The Hall–Kier alpha value is -2.42. The molecule has 0 saturated heterocycles. The molecule has 0 spiro atoms. The first-order valence-electron chi connectivity index (χ1n) is 5.53. The first-order valence-corrected chi connectivity index (χ1v) is 5.53. The van der Waals surface area contributed by atoms with Crippen LogP contribution in [0.15, 0.2) is 48.8 Å². The maximum absolute atomic E-state index is 4.47. The summed E-state index contributed by atoms with van der Waals surface area (Å²) in [6, 6.07) is 12.3. The Kier molecular flexibility index (Phi) is 1.56. The van der Waals surface area contributed by atoms with Gasteiger partial charge in [0.05, 0.1) is 11.0 Å². The highest BCUT2D eigenvalue weighted by atomic mass is 15.1. The number of aromatic amines is 1. The Labute approximate surface area is 97.1 Å². The molecule has 0 fully saturated rings. The maximum atomic E-state index is 4.47. The molecule has 2 aromatic carbocycles. The van der Waals surface area contributed by atoms with E-state index in [9.17, 15) is 0 Å². The molecule has 0 aliphatic rings. The average molecular weight is 219 g/mol. The zero-order chi connectivity index (χ0) is 11.2. The topological polar surface area (TPSA) is 41.6 Å². The van der Waals surface area contributed by atoms with Gasteiger partial charge in [0.25, 0.3) is 0 Å². The van der Waals surface area contributed by atoms with Crippen LogP contribution in [0.3, 0.4) is 0 Å². The van der Waals surface area contributed by atoms with Crippen molar-refractivity contribution in [1.29, 1.82) is 0 Å². The van der Waals surface area contributed by atoms with Crippen molar-refractivity contribution in [3.05, 3.63) is 48.8 Å². The number of H-pyrrole nitrogens is 1. The van der Waals surface area contributed by atoms with E-state index in [1.165, 1.54) is 10.8 Å². The van der Waals surface area contributed by atoms with Crippen LogP contribution in [0.25, 0.3) is 32.6 Å². The van der Waals surface area contributed by atoms with Crippen LogP contribution in [0.1, 0.15) is 0 Å². The van der Waals surface area contributed by atoms with Crippen molar-refractivity contribution in [2.45, 2.75) is 0 Å². The predicted octanol–water partition coefficient (Wildman–Crippen LogP) is 3.26. The Morgan fingerprint density at radius 3 is 2.82 bits per heavy atom. The monoisotopic (exact) mass is 219 g/mol. The molecule has 2 aromatic heterocycles. The summed E-state index contributed by atoms with van der Waals surface area (Å²) in [5.74, 6) is 0. The number of rotatable bonds is 0. The van der Waals surface area contributed by atoms with Crippen molar-refractivity contribution < 1.29 is 0 Å². The number of hydrogen-bond donors (Lipinski definition) is 1. The SMILES string of the molecule is c1ccc2c(c1)ncc1ccc3n[nH]cc3c12. The molecule has 17 heavy (non-hydrogen) atoms. The third-order valence-corrected chi connectivity index (χ3v) is 3.16. The van der Waals surface area contributed by atoms with Crippen molar-refractivity contribution >= 4 is 32.6 Å². The normalized spacial score (nSPS) is 11.5. The number of benzene rings is 2. The van der Waals surface area contributed by atoms with Crippen molar-refractivity contribution in [2.24, 2.45) is 0 Å². The van der Waals surface area contributed by atoms with Crippen LogP contribution in [0, 0.1) is 0 Å². The van der Waals surface area contributed by atoms with Crippen molar-refractivity contribution in [3.63, 3.8) is 0 Å². The molecule has 3 nitrogen and oxygen atoms in total. The summed E-state index contributed by atoms with van der Waals surface area (Å²) in [4.78, 5) is 4.47. The molecule has 80 valence electrons. The second kappa shape index (κ2) is 3.04. The maximum Gasteiger partial charge on any atom is 0.0927 e. The van der Waals surface area contributed by atoms with Gasteiger partial charge >= 0.3 is 0 Å². The molecule has 0 unspecified atom stereocenters. The van der Waals surface area contributed by atoms with E-state index in [1.54, 1.807) is 0 Å². The lowest BCUT2D eigenvalue weighted by atomic mass is 10.0. The molecule has 0 aliphatic carbocycles. The molecular formula is C14H9N3. The molecule has 4 rings (SSSR count). The van der Waals surface area contributed by atoms with Gasteiger partial charge < -0.3 is 0 Å². The van der Waals surface area contributed by atoms with Gasteiger partial charge in [0.1, 0.15) is 0 Å². The fourth-order valence-electron chi connectivity index (χ4n) is 2.38. The fraction of sp³-hybridized carbons (Fsp3) is 0. The van der Waals surface area contributed by atoms with E-state index in [4.69, 9.17) is 0 Å².